The molecule has 0 unspecified atom stereocenters. The molecule has 0 saturated heterocycles. The number of amides is 2. The number of hydrogen-bond acceptors (Lipinski definition) is 2. The first-order valence-electron chi connectivity index (χ1n) is 10.3. The molecule has 0 aliphatic rings. The lowest BCUT2D eigenvalue weighted by Crippen LogP contribution is -2.12. The van der Waals surface area contributed by atoms with E-state index >= 15 is 0 Å². The maximum atomic E-state index is 12.5. The molecule has 4 aromatic carbocycles. The Morgan fingerprint density at radius 2 is 0.909 bits per heavy atom. The summed E-state index contributed by atoms with van der Waals surface area (Å²) in [5.41, 5.74) is 4.91. The van der Waals surface area contributed by atoms with E-state index in [4.69, 9.17) is 0 Å². The predicted molar refractivity (Wildman–Crippen MR) is 140 cm³/mol. The number of hydrogen-bond donors (Lipinski definition) is 2. The molecule has 0 aliphatic carbocycles. The molecule has 0 fully saturated rings. The lowest BCUT2D eigenvalue weighted by Gasteiger charge is -2.09. The summed E-state index contributed by atoms with van der Waals surface area (Å²) in [6.45, 7) is 0. The molecule has 0 bridgehead atoms. The van der Waals surface area contributed by atoms with E-state index in [9.17, 15) is 9.59 Å². The Hall–Kier alpha value is -3.22. The largest absolute Gasteiger partial charge is 0.322 e. The van der Waals surface area contributed by atoms with Gasteiger partial charge in [0.05, 0.1) is 11.1 Å². The number of rotatable bonds is 6. The molecule has 0 aliphatic heterocycles. The van der Waals surface area contributed by atoms with Crippen molar-refractivity contribution in [3.8, 4) is 0 Å². The molecule has 4 aromatic rings. The second-order valence-electron chi connectivity index (χ2n) is 7.44. The van der Waals surface area contributed by atoms with E-state index in [1.807, 2.05) is 84.9 Å². The van der Waals surface area contributed by atoms with Crippen LogP contribution >= 0.6 is 31.9 Å². The number of nitrogens with one attached hydrogen (secondary N) is 2. The highest BCUT2D eigenvalue weighted by Crippen LogP contribution is 2.21. The number of carbonyl (C=O) groups is 2. The minimum absolute atomic E-state index is 0.157. The van der Waals surface area contributed by atoms with Gasteiger partial charge in [-0.05, 0) is 97.9 Å². The fourth-order valence-electron chi connectivity index (χ4n) is 3.34. The first-order chi connectivity index (χ1) is 16.0. The third kappa shape index (κ3) is 5.97. The van der Waals surface area contributed by atoms with Crippen molar-refractivity contribution in [2.45, 2.75) is 6.42 Å². The van der Waals surface area contributed by atoms with E-state index in [1.165, 1.54) is 0 Å². The Kier molecular flexibility index (Phi) is 7.37. The van der Waals surface area contributed by atoms with Gasteiger partial charge in [-0.15, -0.1) is 0 Å². The molecule has 2 amide bonds. The zero-order chi connectivity index (χ0) is 23.2. The number of anilines is 2. The fourth-order valence-corrected chi connectivity index (χ4v) is 4.26. The maximum absolute atomic E-state index is 12.5. The topological polar surface area (TPSA) is 58.2 Å². The molecular formula is C27H20Br2N2O2. The van der Waals surface area contributed by atoms with Crippen LogP contribution in [0.3, 0.4) is 0 Å². The molecule has 4 rings (SSSR count). The second kappa shape index (κ2) is 10.6. The van der Waals surface area contributed by atoms with Gasteiger partial charge in [0, 0.05) is 20.3 Å². The van der Waals surface area contributed by atoms with Gasteiger partial charge in [-0.1, -0.05) is 48.5 Å². The van der Waals surface area contributed by atoms with E-state index < -0.39 is 0 Å². The molecule has 0 radical (unpaired) electrons. The molecule has 0 heterocycles. The van der Waals surface area contributed by atoms with Gasteiger partial charge in [0.1, 0.15) is 0 Å². The average molecular weight is 564 g/mol. The van der Waals surface area contributed by atoms with Crippen molar-refractivity contribution >= 4 is 55.0 Å². The lowest BCUT2D eigenvalue weighted by atomic mass is 10.0. The first kappa shape index (κ1) is 23.0. The summed E-state index contributed by atoms with van der Waals surface area (Å²) in [7, 11) is 0. The zero-order valence-corrected chi connectivity index (χ0v) is 20.7. The van der Waals surface area contributed by atoms with Crippen molar-refractivity contribution in [2.75, 3.05) is 10.6 Å². The highest BCUT2D eigenvalue weighted by atomic mass is 79.9. The van der Waals surface area contributed by atoms with Crippen molar-refractivity contribution in [1.82, 2.24) is 0 Å². The third-order valence-corrected chi connectivity index (χ3v) is 6.45. The van der Waals surface area contributed by atoms with Gasteiger partial charge in [-0.3, -0.25) is 9.59 Å². The zero-order valence-electron chi connectivity index (χ0n) is 17.5. The van der Waals surface area contributed by atoms with Gasteiger partial charge >= 0.3 is 0 Å². The highest BCUT2D eigenvalue weighted by Gasteiger charge is 2.10. The summed E-state index contributed by atoms with van der Waals surface area (Å²) in [4.78, 5) is 24.9. The van der Waals surface area contributed by atoms with E-state index in [1.54, 1.807) is 12.1 Å². The van der Waals surface area contributed by atoms with Crippen molar-refractivity contribution in [1.29, 1.82) is 0 Å². The van der Waals surface area contributed by atoms with Gasteiger partial charge in [-0.25, -0.2) is 0 Å². The van der Waals surface area contributed by atoms with Gasteiger partial charge in [0.2, 0.25) is 0 Å². The van der Waals surface area contributed by atoms with E-state index in [-0.39, 0.29) is 11.8 Å². The standard InChI is InChI=1S/C27H20Br2N2O2/c28-24-7-3-1-5-22(24)26(32)30-20-13-9-18(10-14-20)17-19-11-15-21(16-12-19)31-27(33)23-6-2-4-8-25(23)29/h1-16H,17H2,(H,30,32)(H,31,33). The average Bonchev–Trinajstić information content (AvgIpc) is 2.82. The quantitative estimate of drug-likeness (QED) is 0.258. The molecule has 33 heavy (non-hydrogen) atoms. The van der Waals surface area contributed by atoms with Crippen LogP contribution in [0.4, 0.5) is 11.4 Å². The summed E-state index contributed by atoms with van der Waals surface area (Å²) in [5.74, 6) is -0.314. The Bertz CT molecular complexity index is 1190. The van der Waals surface area contributed by atoms with Gasteiger partial charge < -0.3 is 10.6 Å². The summed E-state index contributed by atoms with van der Waals surface area (Å²) in [5, 5.41) is 5.84. The minimum Gasteiger partial charge on any atom is -0.322 e. The Balaban J connectivity index is 1.35. The van der Waals surface area contributed by atoms with Crippen LogP contribution in [0.15, 0.2) is 106 Å². The van der Waals surface area contributed by atoms with Crippen molar-refractivity contribution in [3.63, 3.8) is 0 Å². The number of carbonyl (C=O) groups excluding carboxylic acids is 2. The predicted octanol–water partition coefficient (Wildman–Crippen LogP) is 7.31. The first-order valence-corrected chi connectivity index (χ1v) is 11.9. The number of halogens is 2. The molecule has 164 valence electrons. The lowest BCUT2D eigenvalue weighted by molar-refractivity contribution is 0.101. The third-order valence-electron chi connectivity index (χ3n) is 5.07. The Morgan fingerprint density at radius 1 is 0.545 bits per heavy atom. The summed E-state index contributed by atoms with van der Waals surface area (Å²) in [6, 6.07) is 30.2. The van der Waals surface area contributed by atoms with Crippen LogP contribution in [0.25, 0.3) is 0 Å². The van der Waals surface area contributed by atoms with E-state index in [2.05, 4.69) is 42.5 Å². The highest BCUT2D eigenvalue weighted by molar-refractivity contribution is 9.10. The van der Waals surface area contributed by atoms with Crippen LogP contribution in [0, 0.1) is 0 Å². The van der Waals surface area contributed by atoms with Crippen LogP contribution in [-0.2, 0) is 6.42 Å². The van der Waals surface area contributed by atoms with Crippen molar-refractivity contribution in [2.24, 2.45) is 0 Å². The Labute approximate surface area is 209 Å². The van der Waals surface area contributed by atoms with E-state index in [0.29, 0.717) is 11.1 Å². The van der Waals surface area contributed by atoms with Crippen molar-refractivity contribution in [3.05, 3.63) is 128 Å². The summed E-state index contributed by atoms with van der Waals surface area (Å²) in [6.07, 6.45) is 0.747. The van der Waals surface area contributed by atoms with E-state index in [0.717, 1.165) is 37.9 Å². The normalized spacial score (nSPS) is 10.5. The monoisotopic (exact) mass is 562 g/mol. The molecule has 0 spiro atoms. The van der Waals surface area contributed by atoms with Crippen LogP contribution in [-0.4, -0.2) is 11.8 Å². The van der Waals surface area contributed by atoms with Gasteiger partial charge in [0.25, 0.3) is 11.8 Å². The minimum atomic E-state index is -0.157. The smallest absolute Gasteiger partial charge is 0.256 e. The van der Waals surface area contributed by atoms with Gasteiger partial charge in [0.15, 0.2) is 0 Å². The maximum Gasteiger partial charge on any atom is 0.256 e. The molecule has 6 heteroatoms. The fraction of sp³-hybridized carbons (Fsp3) is 0.0370. The SMILES string of the molecule is O=C(Nc1ccc(Cc2ccc(NC(=O)c3ccccc3Br)cc2)cc1)c1ccccc1Br. The molecule has 2 N–H and O–H groups in total. The van der Waals surface area contributed by atoms with Crippen LogP contribution in [0.2, 0.25) is 0 Å². The van der Waals surface area contributed by atoms with Crippen LogP contribution < -0.4 is 10.6 Å². The molecule has 0 aromatic heterocycles. The molecule has 0 atom stereocenters. The van der Waals surface area contributed by atoms with Crippen LogP contribution in [0.5, 0.6) is 0 Å². The molecule has 4 nitrogen and oxygen atoms in total. The number of benzene rings is 4. The molecular weight excluding hydrogens is 544 g/mol. The summed E-state index contributed by atoms with van der Waals surface area (Å²) < 4.78 is 1.52. The van der Waals surface area contributed by atoms with Gasteiger partial charge in [-0.2, -0.15) is 0 Å². The second-order valence-corrected chi connectivity index (χ2v) is 9.15. The van der Waals surface area contributed by atoms with Crippen LogP contribution in [0.1, 0.15) is 31.8 Å². The van der Waals surface area contributed by atoms with Crippen molar-refractivity contribution < 1.29 is 9.59 Å². The Morgan fingerprint density at radius 3 is 1.27 bits per heavy atom. The summed E-state index contributed by atoms with van der Waals surface area (Å²) >= 11 is 6.81. The molecule has 0 saturated carbocycles.